The van der Waals surface area contributed by atoms with Gasteiger partial charge in [-0.25, -0.2) is 0 Å². The molecule has 0 fully saturated rings. The molecule has 0 atom stereocenters. The Bertz CT molecular complexity index is 460. The van der Waals surface area contributed by atoms with Crippen LogP contribution in [-0.2, 0) is 0 Å². The van der Waals surface area contributed by atoms with Crippen molar-refractivity contribution >= 4 is 27.2 Å². The van der Waals surface area contributed by atoms with Crippen molar-refractivity contribution < 1.29 is 8.78 Å². The first-order chi connectivity index (χ1) is 9.20. The van der Waals surface area contributed by atoms with Gasteiger partial charge in [-0.15, -0.1) is 0 Å². The monoisotopic (exact) mass is 368 g/mol. The number of hydrogen-bond donors (Lipinski definition) is 0. The molecular weight excluding hydrogens is 352 g/mol. The summed E-state index contributed by atoms with van der Waals surface area (Å²) >= 11 is -1.84. The number of rotatable bonds is 5. The van der Waals surface area contributed by atoms with Crippen LogP contribution >= 0.6 is 0 Å². The summed E-state index contributed by atoms with van der Waals surface area (Å²) < 4.78 is 29.8. The maximum atomic E-state index is 13.0. The summed E-state index contributed by atoms with van der Waals surface area (Å²) in [5.74, 6) is -0.391. The molecule has 0 nitrogen and oxygen atoms in total. The predicted octanol–water partition coefficient (Wildman–Crippen LogP) is 3.37. The number of hydrogen-bond acceptors (Lipinski definition) is 0. The Balaban J connectivity index is 2.29. The van der Waals surface area contributed by atoms with Crippen LogP contribution in [0.4, 0.5) is 8.78 Å². The molecule has 2 rings (SSSR count). The summed E-state index contributed by atoms with van der Waals surface area (Å²) in [6.07, 6.45) is 2.33. The van der Waals surface area contributed by atoms with Crippen LogP contribution in [0.15, 0.2) is 48.5 Å². The second-order valence-electron chi connectivity index (χ2n) is 4.46. The molecule has 0 radical (unpaired) electrons. The van der Waals surface area contributed by atoms with E-state index in [1.54, 1.807) is 0 Å². The summed E-state index contributed by atoms with van der Waals surface area (Å²) in [7, 11) is 0. The Hall–Kier alpha value is -0.882. The average molecular weight is 369 g/mol. The van der Waals surface area contributed by atoms with Gasteiger partial charge in [-0.2, -0.15) is 0 Å². The molecule has 0 aliphatic rings. The molecule has 0 aromatic heterocycles. The fraction of sp³-hybridized carbons (Fsp3) is 0.250. The molecule has 0 aliphatic carbocycles. The van der Waals surface area contributed by atoms with Crippen LogP contribution < -0.4 is 7.02 Å². The molecule has 0 saturated heterocycles. The number of unbranched alkanes of at least 4 members (excludes halogenated alkanes) is 1. The van der Waals surface area contributed by atoms with E-state index >= 15 is 0 Å². The van der Waals surface area contributed by atoms with E-state index in [1.165, 1.54) is 42.1 Å². The van der Waals surface area contributed by atoms with Gasteiger partial charge in [0.15, 0.2) is 0 Å². The van der Waals surface area contributed by atoms with Gasteiger partial charge in [0.05, 0.1) is 0 Å². The Morgan fingerprint density at radius 1 is 0.789 bits per heavy atom. The third-order valence-corrected chi connectivity index (χ3v) is 10.5. The minimum absolute atomic E-state index is 0.196. The van der Waals surface area contributed by atoms with Crippen LogP contribution in [0, 0.1) is 11.6 Å². The Labute approximate surface area is 120 Å². The van der Waals surface area contributed by atoms with E-state index in [9.17, 15) is 8.78 Å². The van der Waals surface area contributed by atoms with E-state index in [0.717, 1.165) is 6.42 Å². The third-order valence-electron chi connectivity index (χ3n) is 3.01. The summed E-state index contributed by atoms with van der Waals surface area (Å²) in [5.41, 5.74) is 0. The molecule has 0 heterocycles. The van der Waals surface area contributed by atoms with Gasteiger partial charge in [0.25, 0.3) is 0 Å². The predicted molar refractivity (Wildman–Crippen MR) is 77.5 cm³/mol. The van der Waals surface area contributed by atoms with Gasteiger partial charge in [-0.05, 0) is 0 Å². The summed E-state index contributed by atoms with van der Waals surface area (Å²) in [6, 6.07) is 13.7. The Kier molecular flexibility index (Phi) is 5.39. The normalized spacial score (nSPS) is 10.9. The first-order valence-corrected chi connectivity index (χ1v) is 10.8. The van der Waals surface area contributed by atoms with Crippen LogP contribution in [0.25, 0.3) is 0 Å². The SMILES string of the molecule is CCC[CH2][Sb]([c]1ccc(F)cc1)[c]1ccc(F)cc1. The van der Waals surface area contributed by atoms with Gasteiger partial charge in [-0.1, -0.05) is 0 Å². The van der Waals surface area contributed by atoms with E-state index in [4.69, 9.17) is 0 Å². The zero-order chi connectivity index (χ0) is 13.7. The van der Waals surface area contributed by atoms with Crippen molar-refractivity contribution in [3.05, 3.63) is 60.2 Å². The zero-order valence-electron chi connectivity index (χ0n) is 10.9. The fourth-order valence-corrected chi connectivity index (χ4v) is 9.00. The molecular formula is C16H17F2Sb. The molecule has 0 amide bonds. The minimum atomic E-state index is -1.84. The van der Waals surface area contributed by atoms with Gasteiger partial charge in [0, 0.05) is 0 Å². The van der Waals surface area contributed by atoms with Crippen molar-refractivity contribution in [2.75, 3.05) is 0 Å². The quantitative estimate of drug-likeness (QED) is 0.710. The van der Waals surface area contributed by atoms with Crippen molar-refractivity contribution in [1.29, 1.82) is 0 Å². The second-order valence-corrected chi connectivity index (χ2v) is 11.1. The summed E-state index contributed by atoms with van der Waals surface area (Å²) in [6.45, 7) is 2.17. The molecule has 100 valence electrons. The van der Waals surface area contributed by atoms with Crippen LogP contribution in [0.2, 0.25) is 4.37 Å². The van der Waals surface area contributed by atoms with Gasteiger partial charge in [0.1, 0.15) is 0 Å². The fourth-order valence-electron chi connectivity index (χ4n) is 1.97. The molecule has 0 bridgehead atoms. The van der Waals surface area contributed by atoms with E-state index in [1.807, 2.05) is 24.3 Å². The van der Waals surface area contributed by atoms with Crippen LogP contribution in [0.1, 0.15) is 19.8 Å². The van der Waals surface area contributed by atoms with Crippen LogP contribution in [0.5, 0.6) is 0 Å². The molecule has 2 aromatic carbocycles. The average Bonchev–Trinajstić information content (AvgIpc) is 2.43. The Morgan fingerprint density at radius 2 is 1.21 bits per heavy atom. The second kappa shape index (κ2) is 7.05. The van der Waals surface area contributed by atoms with Crippen molar-refractivity contribution in [1.82, 2.24) is 0 Å². The van der Waals surface area contributed by atoms with E-state index < -0.39 is 20.2 Å². The zero-order valence-corrected chi connectivity index (χ0v) is 13.5. The molecule has 0 N–H and O–H groups in total. The number of halogens is 2. The molecule has 0 spiro atoms. The number of benzene rings is 2. The van der Waals surface area contributed by atoms with Gasteiger partial charge in [-0.3, -0.25) is 0 Å². The van der Waals surface area contributed by atoms with Crippen molar-refractivity contribution in [2.45, 2.75) is 24.1 Å². The van der Waals surface area contributed by atoms with Gasteiger partial charge >= 0.3 is 120 Å². The molecule has 0 saturated carbocycles. The molecule has 2 aromatic rings. The first-order valence-electron chi connectivity index (χ1n) is 6.49. The van der Waals surface area contributed by atoms with Crippen LogP contribution in [0.3, 0.4) is 0 Å². The van der Waals surface area contributed by atoms with Crippen LogP contribution in [-0.4, -0.2) is 20.2 Å². The molecule has 19 heavy (non-hydrogen) atoms. The van der Waals surface area contributed by atoms with E-state index in [-0.39, 0.29) is 11.6 Å². The third kappa shape index (κ3) is 4.04. The topological polar surface area (TPSA) is 0 Å². The van der Waals surface area contributed by atoms with E-state index in [2.05, 4.69) is 6.92 Å². The summed E-state index contributed by atoms with van der Waals surface area (Å²) in [4.78, 5) is 0. The molecule has 0 aliphatic heterocycles. The van der Waals surface area contributed by atoms with E-state index in [0.29, 0.717) is 0 Å². The van der Waals surface area contributed by atoms with Crippen molar-refractivity contribution in [3.8, 4) is 0 Å². The van der Waals surface area contributed by atoms with Crippen molar-refractivity contribution in [2.24, 2.45) is 0 Å². The summed E-state index contributed by atoms with van der Waals surface area (Å²) in [5, 5.41) is 0. The molecule has 0 unspecified atom stereocenters. The standard InChI is InChI=1S/2C6H4F.C4H9.Sb/c2*7-6-4-2-1-3-5-6;1-3-4-2;/h2*2-5H;1,3-4H2,2H3;. The Morgan fingerprint density at radius 3 is 1.58 bits per heavy atom. The van der Waals surface area contributed by atoms with Crippen molar-refractivity contribution in [3.63, 3.8) is 0 Å². The first kappa shape index (κ1) is 14.5. The maximum absolute atomic E-state index is 13.0. The van der Waals surface area contributed by atoms with Gasteiger partial charge in [0.2, 0.25) is 0 Å². The molecule has 3 heteroatoms. The van der Waals surface area contributed by atoms with Gasteiger partial charge < -0.3 is 0 Å².